The summed E-state index contributed by atoms with van der Waals surface area (Å²) >= 11 is 0. The van der Waals surface area contributed by atoms with Crippen LogP contribution in [0.5, 0.6) is 0 Å². The smallest absolute Gasteiger partial charge is 0.143 e. The summed E-state index contributed by atoms with van der Waals surface area (Å²) in [5, 5.41) is 3.77. The van der Waals surface area contributed by atoms with E-state index in [4.69, 9.17) is 10.3 Å². The Bertz CT molecular complexity index is 240. The topological polar surface area (TPSA) is 52.0 Å². The summed E-state index contributed by atoms with van der Waals surface area (Å²) in [5.41, 5.74) is 6.64. The summed E-state index contributed by atoms with van der Waals surface area (Å²) in [4.78, 5) is 0. The highest BCUT2D eigenvalue weighted by Gasteiger charge is 2.29. The Labute approximate surface area is 65.6 Å². The molecule has 1 aliphatic carbocycles. The molecule has 1 aliphatic rings. The summed E-state index contributed by atoms with van der Waals surface area (Å²) in [6, 6.07) is 0. The van der Waals surface area contributed by atoms with Gasteiger partial charge < -0.3 is 10.3 Å². The van der Waals surface area contributed by atoms with Crippen LogP contribution < -0.4 is 5.73 Å². The Morgan fingerprint density at radius 3 is 3.09 bits per heavy atom. The van der Waals surface area contributed by atoms with Crippen LogP contribution in [0.4, 0.5) is 0 Å². The van der Waals surface area contributed by atoms with Crippen LogP contribution >= 0.6 is 0 Å². The molecule has 3 heteroatoms. The highest BCUT2D eigenvalue weighted by molar-refractivity contribution is 5.21. The lowest BCUT2D eigenvalue weighted by Gasteiger charge is -1.94. The molecule has 1 heterocycles. The molecule has 0 unspecified atom stereocenters. The van der Waals surface area contributed by atoms with E-state index in [0.29, 0.717) is 12.5 Å². The Hall–Kier alpha value is -0.830. The second-order valence-electron chi connectivity index (χ2n) is 3.03. The highest BCUT2D eigenvalue weighted by atomic mass is 16.5. The molecule has 0 radical (unpaired) electrons. The first kappa shape index (κ1) is 6.85. The lowest BCUT2D eigenvalue weighted by Crippen LogP contribution is -2.03. The molecule has 3 nitrogen and oxygen atoms in total. The van der Waals surface area contributed by atoms with E-state index in [9.17, 15) is 0 Å². The van der Waals surface area contributed by atoms with E-state index in [0.717, 1.165) is 12.2 Å². The fourth-order valence-electron chi connectivity index (χ4n) is 1.29. The van der Waals surface area contributed by atoms with Crippen molar-refractivity contribution in [1.29, 1.82) is 0 Å². The average Bonchev–Trinajstić information content (AvgIpc) is 2.75. The summed E-state index contributed by atoms with van der Waals surface area (Å²) in [7, 11) is 0. The first-order chi connectivity index (χ1) is 5.42. The van der Waals surface area contributed by atoms with E-state index in [1.54, 1.807) is 6.20 Å². The largest absolute Gasteiger partial charge is 0.361 e. The molecule has 0 bridgehead atoms. The zero-order chi connectivity index (χ0) is 7.68. The molecule has 0 atom stereocenters. The predicted octanol–water partition coefficient (Wildman–Crippen LogP) is 1.05. The minimum Gasteiger partial charge on any atom is -0.361 e. The number of rotatable bonds is 3. The van der Waals surface area contributed by atoms with Gasteiger partial charge in [-0.2, -0.15) is 0 Å². The van der Waals surface area contributed by atoms with Crippen molar-refractivity contribution in [2.24, 2.45) is 5.73 Å². The van der Waals surface area contributed by atoms with Crippen molar-refractivity contribution in [2.75, 3.05) is 6.54 Å². The molecule has 0 spiro atoms. The van der Waals surface area contributed by atoms with Crippen LogP contribution in [0.15, 0.2) is 10.7 Å². The third kappa shape index (κ3) is 1.28. The molecule has 2 rings (SSSR count). The molecule has 1 fully saturated rings. The van der Waals surface area contributed by atoms with Crippen LogP contribution in [0.25, 0.3) is 0 Å². The zero-order valence-electron chi connectivity index (χ0n) is 6.42. The summed E-state index contributed by atoms with van der Waals surface area (Å²) < 4.78 is 5.14. The number of hydrogen-bond acceptors (Lipinski definition) is 3. The van der Waals surface area contributed by atoms with Gasteiger partial charge in [0.25, 0.3) is 0 Å². The van der Waals surface area contributed by atoms with E-state index in [1.807, 2.05) is 0 Å². The first-order valence-corrected chi connectivity index (χ1v) is 4.05. The van der Waals surface area contributed by atoms with Crippen molar-refractivity contribution in [3.63, 3.8) is 0 Å². The van der Waals surface area contributed by atoms with Crippen molar-refractivity contribution in [3.8, 4) is 0 Å². The van der Waals surface area contributed by atoms with Crippen molar-refractivity contribution in [2.45, 2.75) is 25.2 Å². The van der Waals surface area contributed by atoms with Gasteiger partial charge in [0.15, 0.2) is 0 Å². The lowest BCUT2D eigenvalue weighted by atomic mass is 10.1. The third-order valence-corrected chi connectivity index (χ3v) is 2.04. The van der Waals surface area contributed by atoms with Gasteiger partial charge in [-0.05, 0) is 25.8 Å². The van der Waals surface area contributed by atoms with Crippen LogP contribution in [-0.4, -0.2) is 11.7 Å². The molecule has 0 amide bonds. The molecule has 1 aromatic heterocycles. The maximum absolute atomic E-state index is 5.44. The van der Waals surface area contributed by atoms with Gasteiger partial charge >= 0.3 is 0 Å². The minimum absolute atomic E-state index is 0.652. The molecule has 1 saturated carbocycles. The molecule has 60 valence electrons. The zero-order valence-corrected chi connectivity index (χ0v) is 6.42. The van der Waals surface area contributed by atoms with E-state index in [1.165, 1.54) is 18.4 Å². The summed E-state index contributed by atoms with van der Waals surface area (Å²) in [6.45, 7) is 0.681. The molecular formula is C8H12N2O. The van der Waals surface area contributed by atoms with Gasteiger partial charge in [-0.3, -0.25) is 0 Å². The molecule has 2 N–H and O–H groups in total. The van der Waals surface area contributed by atoms with Crippen LogP contribution in [0.3, 0.4) is 0 Å². The van der Waals surface area contributed by atoms with Crippen molar-refractivity contribution in [1.82, 2.24) is 5.16 Å². The van der Waals surface area contributed by atoms with Gasteiger partial charge in [0.05, 0.1) is 6.20 Å². The first-order valence-electron chi connectivity index (χ1n) is 4.05. The molecule has 11 heavy (non-hydrogen) atoms. The van der Waals surface area contributed by atoms with Crippen LogP contribution in [0, 0.1) is 0 Å². The molecular weight excluding hydrogens is 140 g/mol. The molecule has 0 aromatic carbocycles. The maximum Gasteiger partial charge on any atom is 0.143 e. The quantitative estimate of drug-likeness (QED) is 0.704. The van der Waals surface area contributed by atoms with Crippen LogP contribution in [0.1, 0.15) is 30.1 Å². The standard InChI is InChI=1S/C8H12N2O/c9-4-3-7-5-10-11-8(7)6-1-2-6/h5-6H,1-4,9H2. The van der Waals surface area contributed by atoms with Gasteiger partial charge in [-0.1, -0.05) is 5.16 Å². The number of nitrogens with zero attached hydrogens (tertiary/aromatic N) is 1. The highest BCUT2D eigenvalue weighted by Crippen LogP contribution is 2.41. The number of nitrogens with two attached hydrogens (primary N) is 1. The fourth-order valence-corrected chi connectivity index (χ4v) is 1.29. The minimum atomic E-state index is 0.652. The summed E-state index contributed by atoms with van der Waals surface area (Å²) in [6.07, 6.45) is 5.20. The van der Waals surface area contributed by atoms with Gasteiger partial charge in [0.2, 0.25) is 0 Å². The normalized spacial score (nSPS) is 17.2. The Balaban J connectivity index is 2.16. The maximum atomic E-state index is 5.44. The van der Waals surface area contributed by atoms with E-state index < -0.39 is 0 Å². The Morgan fingerprint density at radius 2 is 2.45 bits per heavy atom. The third-order valence-electron chi connectivity index (χ3n) is 2.04. The summed E-state index contributed by atoms with van der Waals surface area (Å²) in [5.74, 6) is 1.73. The monoisotopic (exact) mass is 152 g/mol. The second-order valence-corrected chi connectivity index (χ2v) is 3.03. The van der Waals surface area contributed by atoms with Gasteiger partial charge in [-0.25, -0.2) is 0 Å². The molecule has 1 aromatic rings. The van der Waals surface area contributed by atoms with E-state index in [-0.39, 0.29) is 0 Å². The van der Waals surface area contributed by atoms with Crippen LogP contribution in [0.2, 0.25) is 0 Å². The van der Waals surface area contributed by atoms with Crippen molar-refractivity contribution >= 4 is 0 Å². The number of hydrogen-bond donors (Lipinski definition) is 1. The predicted molar refractivity (Wildman–Crippen MR) is 41.2 cm³/mol. The van der Waals surface area contributed by atoms with Crippen LogP contribution in [-0.2, 0) is 6.42 Å². The van der Waals surface area contributed by atoms with E-state index in [2.05, 4.69) is 5.16 Å². The number of aromatic nitrogens is 1. The molecule has 0 aliphatic heterocycles. The van der Waals surface area contributed by atoms with Gasteiger partial charge in [0.1, 0.15) is 5.76 Å². The fraction of sp³-hybridized carbons (Fsp3) is 0.625. The van der Waals surface area contributed by atoms with Crippen molar-refractivity contribution < 1.29 is 4.52 Å². The SMILES string of the molecule is NCCc1cnoc1C1CC1. The second kappa shape index (κ2) is 2.66. The Morgan fingerprint density at radius 1 is 1.64 bits per heavy atom. The molecule has 0 saturated heterocycles. The Kier molecular flexibility index (Phi) is 1.66. The average molecular weight is 152 g/mol. The van der Waals surface area contributed by atoms with Crippen molar-refractivity contribution in [3.05, 3.63) is 17.5 Å². The van der Waals surface area contributed by atoms with Gasteiger partial charge in [-0.15, -0.1) is 0 Å². The van der Waals surface area contributed by atoms with Gasteiger partial charge in [0, 0.05) is 11.5 Å². The van der Waals surface area contributed by atoms with E-state index >= 15 is 0 Å². The lowest BCUT2D eigenvalue weighted by molar-refractivity contribution is 0.382.